The highest BCUT2D eigenvalue weighted by Crippen LogP contribution is 2.26. The predicted molar refractivity (Wildman–Crippen MR) is 62.3 cm³/mol. The van der Waals surface area contributed by atoms with Gasteiger partial charge in [-0.3, -0.25) is 4.68 Å². The molecule has 0 spiro atoms. The zero-order valence-corrected chi connectivity index (χ0v) is 11.0. The van der Waals surface area contributed by atoms with Crippen molar-refractivity contribution in [2.24, 2.45) is 0 Å². The molecule has 1 unspecified atom stereocenters. The molecule has 0 saturated carbocycles. The maximum absolute atomic E-state index is 11.1. The van der Waals surface area contributed by atoms with Gasteiger partial charge in [0, 0.05) is 12.3 Å². The topological polar surface area (TPSA) is 72.2 Å². The van der Waals surface area contributed by atoms with Crippen molar-refractivity contribution in [2.45, 2.75) is 26.0 Å². The highest BCUT2D eigenvalue weighted by Gasteiger charge is 2.22. The van der Waals surface area contributed by atoms with Gasteiger partial charge >= 0.3 is 0 Å². The Labute approximate surface area is 100.0 Å². The summed E-state index contributed by atoms with van der Waals surface area (Å²) in [6, 6.07) is 0.0108. The first-order chi connectivity index (χ1) is 7.22. The van der Waals surface area contributed by atoms with Crippen molar-refractivity contribution in [3.63, 3.8) is 0 Å². The Hall–Kier alpha value is -0.590. The van der Waals surface area contributed by atoms with Gasteiger partial charge in [0.05, 0.1) is 22.7 Å². The molecule has 5 nitrogen and oxygen atoms in total. The predicted octanol–water partition coefficient (Wildman–Crippen LogP) is 1.20. The molecule has 0 saturated heterocycles. The van der Waals surface area contributed by atoms with E-state index < -0.39 is 15.9 Å². The van der Waals surface area contributed by atoms with Crippen molar-refractivity contribution in [1.29, 1.82) is 0 Å². The van der Waals surface area contributed by atoms with Crippen LogP contribution in [-0.2, 0) is 9.84 Å². The van der Waals surface area contributed by atoms with Gasteiger partial charge in [-0.05, 0) is 13.8 Å². The van der Waals surface area contributed by atoms with Crippen LogP contribution < -0.4 is 0 Å². The smallest absolute Gasteiger partial charge is 0.150 e. The number of hydrogen-bond donors (Lipinski definition) is 1. The van der Waals surface area contributed by atoms with Crippen molar-refractivity contribution in [1.82, 2.24) is 9.78 Å². The largest absolute Gasteiger partial charge is 0.386 e. The van der Waals surface area contributed by atoms with Gasteiger partial charge in [0.2, 0.25) is 0 Å². The second-order valence-electron chi connectivity index (χ2n) is 4.02. The lowest BCUT2D eigenvalue weighted by atomic mass is 10.2. The minimum atomic E-state index is -3.26. The second kappa shape index (κ2) is 4.73. The first-order valence-electron chi connectivity index (χ1n) is 4.81. The monoisotopic (exact) mass is 266 g/mol. The third-order valence-corrected chi connectivity index (χ3v) is 3.26. The SMILES string of the molecule is CC(C)n1ncc(Cl)c1C(O)CS(C)(=O)=O. The Balaban J connectivity index is 3.07. The number of aromatic nitrogens is 2. The summed E-state index contributed by atoms with van der Waals surface area (Å²) in [4.78, 5) is 0. The first kappa shape index (κ1) is 13.5. The zero-order valence-electron chi connectivity index (χ0n) is 9.38. The fourth-order valence-corrected chi connectivity index (χ4v) is 2.43. The van der Waals surface area contributed by atoms with E-state index in [2.05, 4.69) is 5.10 Å². The number of nitrogens with zero attached hydrogens (tertiary/aromatic N) is 2. The molecule has 0 fully saturated rings. The van der Waals surface area contributed by atoms with Gasteiger partial charge < -0.3 is 5.11 Å². The van der Waals surface area contributed by atoms with Crippen LogP contribution in [0, 0.1) is 0 Å². The van der Waals surface area contributed by atoms with E-state index >= 15 is 0 Å². The minimum Gasteiger partial charge on any atom is -0.386 e. The summed E-state index contributed by atoms with van der Waals surface area (Å²) < 4.78 is 23.7. The Morgan fingerprint density at radius 3 is 2.56 bits per heavy atom. The van der Waals surface area contributed by atoms with Gasteiger partial charge in [0.25, 0.3) is 0 Å². The number of hydrogen-bond acceptors (Lipinski definition) is 4. The summed E-state index contributed by atoms with van der Waals surface area (Å²) in [5.74, 6) is -0.356. The van der Waals surface area contributed by atoms with Crippen LogP contribution in [0.25, 0.3) is 0 Å². The molecule has 1 atom stereocenters. The van der Waals surface area contributed by atoms with Crippen LogP contribution in [0.5, 0.6) is 0 Å². The summed E-state index contributed by atoms with van der Waals surface area (Å²) in [7, 11) is -3.26. The van der Waals surface area contributed by atoms with Crippen LogP contribution in [0.15, 0.2) is 6.20 Å². The van der Waals surface area contributed by atoms with Crippen LogP contribution >= 0.6 is 11.6 Å². The third kappa shape index (κ3) is 3.20. The fourth-order valence-electron chi connectivity index (χ4n) is 1.44. The number of halogens is 1. The molecule has 1 heterocycles. The van der Waals surface area contributed by atoms with Crippen molar-refractivity contribution in [3.05, 3.63) is 16.9 Å². The molecule has 0 aliphatic rings. The van der Waals surface area contributed by atoms with Crippen LogP contribution in [0.2, 0.25) is 5.02 Å². The highest BCUT2D eigenvalue weighted by atomic mass is 35.5. The van der Waals surface area contributed by atoms with Gasteiger partial charge in [-0.15, -0.1) is 0 Å². The van der Waals surface area contributed by atoms with Crippen molar-refractivity contribution >= 4 is 21.4 Å². The molecular weight excluding hydrogens is 252 g/mol. The quantitative estimate of drug-likeness (QED) is 0.889. The molecule has 0 bridgehead atoms. The lowest BCUT2D eigenvalue weighted by Crippen LogP contribution is -2.18. The van der Waals surface area contributed by atoms with Crippen molar-refractivity contribution in [3.8, 4) is 0 Å². The van der Waals surface area contributed by atoms with Crippen LogP contribution in [0.3, 0.4) is 0 Å². The van der Waals surface area contributed by atoms with Gasteiger partial charge in [-0.1, -0.05) is 11.6 Å². The molecule has 16 heavy (non-hydrogen) atoms. The normalized spacial score (nSPS) is 14.4. The van der Waals surface area contributed by atoms with Crippen molar-refractivity contribution in [2.75, 3.05) is 12.0 Å². The lowest BCUT2D eigenvalue weighted by molar-refractivity contribution is 0.187. The summed E-state index contributed by atoms with van der Waals surface area (Å²) in [5, 5.41) is 14.1. The summed E-state index contributed by atoms with van der Waals surface area (Å²) in [5.41, 5.74) is 0.349. The van der Waals surface area contributed by atoms with Gasteiger partial charge in [0.15, 0.2) is 0 Å². The molecule has 0 aliphatic carbocycles. The Kier molecular flexibility index (Phi) is 3.98. The van der Waals surface area contributed by atoms with E-state index in [9.17, 15) is 13.5 Å². The molecule has 1 N–H and O–H groups in total. The van der Waals surface area contributed by atoms with E-state index in [0.717, 1.165) is 6.26 Å². The Bertz CT molecular complexity index is 467. The number of rotatable bonds is 4. The maximum Gasteiger partial charge on any atom is 0.150 e. The molecular formula is C9H15ClN2O3S. The number of sulfone groups is 1. The average Bonchev–Trinajstić information content (AvgIpc) is 2.43. The van der Waals surface area contributed by atoms with E-state index in [1.165, 1.54) is 10.9 Å². The van der Waals surface area contributed by atoms with E-state index in [0.29, 0.717) is 5.69 Å². The molecule has 0 aromatic carbocycles. The van der Waals surface area contributed by atoms with E-state index in [1.807, 2.05) is 13.8 Å². The summed E-state index contributed by atoms with van der Waals surface area (Å²) >= 11 is 5.87. The van der Waals surface area contributed by atoms with E-state index in [1.54, 1.807) is 0 Å². The van der Waals surface area contributed by atoms with Crippen LogP contribution in [0.1, 0.15) is 31.7 Å². The zero-order chi connectivity index (χ0) is 12.5. The third-order valence-electron chi connectivity index (χ3n) is 2.05. The number of aliphatic hydroxyl groups excluding tert-OH is 1. The lowest BCUT2D eigenvalue weighted by Gasteiger charge is -2.15. The first-order valence-corrected chi connectivity index (χ1v) is 7.25. The molecule has 1 aromatic heterocycles. The second-order valence-corrected chi connectivity index (χ2v) is 6.62. The van der Waals surface area contributed by atoms with Gasteiger partial charge in [-0.25, -0.2) is 8.42 Å². The summed E-state index contributed by atoms with van der Waals surface area (Å²) in [6.45, 7) is 3.75. The molecule has 92 valence electrons. The van der Waals surface area contributed by atoms with Crippen molar-refractivity contribution < 1.29 is 13.5 Å². The highest BCUT2D eigenvalue weighted by molar-refractivity contribution is 7.90. The minimum absolute atomic E-state index is 0.0108. The fraction of sp³-hybridized carbons (Fsp3) is 0.667. The molecule has 0 aliphatic heterocycles. The van der Waals surface area contributed by atoms with Crippen LogP contribution in [0.4, 0.5) is 0 Å². The molecule has 7 heteroatoms. The van der Waals surface area contributed by atoms with E-state index in [4.69, 9.17) is 11.6 Å². The maximum atomic E-state index is 11.1. The number of aliphatic hydroxyl groups is 1. The Morgan fingerprint density at radius 1 is 1.56 bits per heavy atom. The van der Waals surface area contributed by atoms with E-state index in [-0.39, 0.29) is 16.8 Å². The average molecular weight is 267 g/mol. The molecule has 1 aromatic rings. The van der Waals surface area contributed by atoms with Gasteiger partial charge in [0.1, 0.15) is 15.9 Å². The van der Waals surface area contributed by atoms with Gasteiger partial charge in [-0.2, -0.15) is 5.10 Å². The molecule has 0 amide bonds. The summed E-state index contributed by atoms with van der Waals surface area (Å²) in [6.07, 6.45) is 1.33. The Morgan fingerprint density at radius 2 is 2.12 bits per heavy atom. The van der Waals surface area contributed by atoms with Crippen LogP contribution in [-0.4, -0.2) is 35.3 Å². The molecule has 1 rings (SSSR count). The standard InChI is InChI=1S/C9H15ClN2O3S/c1-6(2)12-9(7(10)4-11-12)8(13)5-16(3,14)15/h4,6,8,13H,5H2,1-3H3. The molecule has 0 radical (unpaired) electrons.